The molecule has 7 heteroatoms. The minimum Gasteiger partial charge on any atom is -0.497 e. The van der Waals surface area contributed by atoms with Gasteiger partial charge in [0.2, 0.25) is 4.96 Å². The highest BCUT2D eigenvalue weighted by Gasteiger charge is 2.12. The van der Waals surface area contributed by atoms with Gasteiger partial charge in [-0.2, -0.15) is 9.61 Å². The predicted molar refractivity (Wildman–Crippen MR) is 103 cm³/mol. The highest BCUT2D eigenvalue weighted by atomic mass is 32.1. The zero-order valence-corrected chi connectivity index (χ0v) is 15.1. The van der Waals surface area contributed by atoms with Crippen molar-refractivity contribution in [2.45, 2.75) is 0 Å². The molecule has 0 N–H and O–H groups in total. The number of ether oxygens (including phenoxy) is 2. The quantitative estimate of drug-likeness (QED) is 0.535. The lowest BCUT2D eigenvalue weighted by molar-refractivity contribution is 0.414. The number of methoxy groups -OCH3 is 2. The molecule has 2 aromatic heterocycles. The highest BCUT2D eigenvalue weighted by Crippen LogP contribution is 2.25. The van der Waals surface area contributed by atoms with E-state index in [1.165, 1.54) is 11.3 Å². The number of benzene rings is 2. The zero-order valence-electron chi connectivity index (χ0n) is 14.3. The highest BCUT2D eigenvalue weighted by molar-refractivity contribution is 7.17. The van der Waals surface area contributed by atoms with Crippen molar-refractivity contribution in [1.82, 2.24) is 19.8 Å². The average Bonchev–Trinajstić information content (AvgIpc) is 3.27. The van der Waals surface area contributed by atoms with Gasteiger partial charge in [0, 0.05) is 11.1 Å². The second-order valence-corrected chi connectivity index (χ2v) is 6.45. The molecule has 26 heavy (non-hydrogen) atoms. The monoisotopic (exact) mass is 364 g/mol. The minimum atomic E-state index is 0.704. The van der Waals surface area contributed by atoms with E-state index in [4.69, 9.17) is 9.47 Å². The fraction of sp³-hybridized carbons (Fsp3) is 0.105. The van der Waals surface area contributed by atoms with Crippen molar-refractivity contribution in [2.75, 3.05) is 14.2 Å². The van der Waals surface area contributed by atoms with E-state index in [-0.39, 0.29) is 0 Å². The average molecular weight is 364 g/mol. The van der Waals surface area contributed by atoms with Gasteiger partial charge in [-0.25, -0.2) is 0 Å². The van der Waals surface area contributed by atoms with E-state index in [0.29, 0.717) is 5.82 Å². The van der Waals surface area contributed by atoms with Crippen LogP contribution in [0.1, 0.15) is 10.6 Å². The van der Waals surface area contributed by atoms with Gasteiger partial charge in [0.05, 0.1) is 14.2 Å². The maximum absolute atomic E-state index is 5.37. The molecular weight excluding hydrogens is 348 g/mol. The van der Waals surface area contributed by atoms with Crippen molar-refractivity contribution in [1.29, 1.82) is 0 Å². The molecule has 0 amide bonds. The maximum atomic E-state index is 5.37. The first-order valence-electron chi connectivity index (χ1n) is 7.96. The minimum absolute atomic E-state index is 0.704. The Balaban J connectivity index is 1.66. The number of hydrogen-bond donors (Lipinski definition) is 0. The molecule has 0 fully saturated rings. The number of rotatable bonds is 5. The predicted octanol–water partition coefficient (Wildman–Crippen LogP) is 4.04. The first kappa shape index (κ1) is 16.3. The summed E-state index contributed by atoms with van der Waals surface area (Å²) in [5.74, 6) is 2.33. The van der Waals surface area contributed by atoms with E-state index in [0.717, 1.165) is 32.6 Å². The van der Waals surface area contributed by atoms with Crippen LogP contribution in [0.15, 0.2) is 48.5 Å². The fourth-order valence-corrected chi connectivity index (χ4v) is 3.33. The Morgan fingerprint density at radius 2 is 1.73 bits per heavy atom. The lowest BCUT2D eigenvalue weighted by Gasteiger charge is -2.02. The van der Waals surface area contributed by atoms with Crippen molar-refractivity contribution < 1.29 is 9.47 Å². The second-order valence-electron chi connectivity index (χ2n) is 5.46. The van der Waals surface area contributed by atoms with E-state index in [2.05, 4.69) is 15.3 Å². The van der Waals surface area contributed by atoms with Crippen molar-refractivity contribution >= 4 is 28.4 Å². The molecule has 0 aliphatic rings. The van der Waals surface area contributed by atoms with Crippen LogP contribution in [0.5, 0.6) is 11.5 Å². The third-order valence-corrected chi connectivity index (χ3v) is 4.76. The molecule has 0 unspecified atom stereocenters. The molecule has 0 spiro atoms. The Labute approximate surface area is 154 Å². The summed E-state index contributed by atoms with van der Waals surface area (Å²) in [5.41, 5.74) is 1.93. The van der Waals surface area contributed by atoms with Gasteiger partial charge in [-0.3, -0.25) is 0 Å². The molecule has 0 aliphatic carbocycles. The number of fused-ring (bicyclic) bond motifs is 1. The van der Waals surface area contributed by atoms with Crippen molar-refractivity contribution in [3.8, 4) is 22.9 Å². The number of hydrogen-bond acceptors (Lipinski definition) is 6. The van der Waals surface area contributed by atoms with Gasteiger partial charge in [-0.1, -0.05) is 29.5 Å². The van der Waals surface area contributed by atoms with Crippen molar-refractivity contribution in [2.24, 2.45) is 0 Å². The van der Waals surface area contributed by atoms with Crippen LogP contribution in [0.4, 0.5) is 0 Å². The molecule has 0 saturated carbocycles. The second kappa shape index (κ2) is 6.97. The number of nitrogens with zero attached hydrogens (tertiary/aromatic N) is 4. The van der Waals surface area contributed by atoms with Crippen LogP contribution in [0.2, 0.25) is 0 Å². The molecule has 4 rings (SSSR count). The SMILES string of the molecule is COc1ccc(-c2nnc3sc(/C=C/c4ccccc4OC)nn23)cc1. The Kier molecular flexibility index (Phi) is 4.37. The van der Waals surface area contributed by atoms with Gasteiger partial charge in [-0.15, -0.1) is 10.2 Å². The van der Waals surface area contributed by atoms with Crippen molar-refractivity contribution in [3.63, 3.8) is 0 Å². The standard InChI is InChI=1S/C19H16N4O2S/c1-24-15-10-7-14(8-11-15)18-20-21-19-23(18)22-17(26-19)12-9-13-5-3-4-6-16(13)25-2/h3-12H,1-2H3/b12-9+. The molecule has 0 saturated heterocycles. The molecule has 0 atom stereocenters. The van der Waals surface area contributed by atoms with Gasteiger partial charge < -0.3 is 9.47 Å². The molecule has 0 aliphatic heterocycles. The Bertz CT molecular complexity index is 1070. The third-order valence-electron chi connectivity index (χ3n) is 3.90. The van der Waals surface area contributed by atoms with E-state index in [1.807, 2.05) is 60.7 Å². The molecule has 2 heterocycles. The van der Waals surface area contributed by atoms with Crippen LogP contribution in [0.25, 0.3) is 28.5 Å². The lowest BCUT2D eigenvalue weighted by Crippen LogP contribution is -1.91. The molecule has 0 bridgehead atoms. The van der Waals surface area contributed by atoms with Crippen LogP contribution in [-0.2, 0) is 0 Å². The molecular formula is C19H16N4O2S. The van der Waals surface area contributed by atoms with Gasteiger partial charge in [0.25, 0.3) is 0 Å². The summed E-state index contributed by atoms with van der Waals surface area (Å²) in [6, 6.07) is 15.5. The summed E-state index contributed by atoms with van der Waals surface area (Å²) >= 11 is 1.48. The van der Waals surface area contributed by atoms with Crippen LogP contribution in [-0.4, -0.2) is 34.0 Å². The summed E-state index contributed by atoms with van der Waals surface area (Å²) in [5, 5.41) is 13.9. The number of aromatic nitrogens is 4. The normalized spacial score (nSPS) is 11.3. The van der Waals surface area contributed by atoms with Gasteiger partial charge in [-0.05, 0) is 42.5 Å². The van der Waals surface area contributed by atoms with Crippen LogP contribution >= 0.6 is 11.3 Å². The third kappa shape index (κ3) is 3.04. The molecule has 4 aromatic rings. The van der Waals surface area contributed by atoms with E-state index in [9.17, 15) is 0 Å². The Morgan fingerprint density at radius 3 is 2.50 bits per heavy atom. The Morgan fingerprint density at radius 1 is 0.923 bits per heavy atom. The topological polar surface area (TPSA) is 61.5 Å². The Hall–Kier alpha value is -3.19. The molecule has 0 radical (unpaired) electrons. The largest absolute Gasteiger partial charge is 0.497 e. The van der Waals surface area contributed by atoms with Gasteiger partial charge >= 0.3 is 0 Å². The van der Waals surface area contributed by atoms with Gasteiger partial charge in [0.1, 0.15) is 16.5 Å². The lowest BCUT2D eigenvalue weighted by atomic mass is 10.2. The summed E-state index contributed by atoms with van der Waals surface area (Å²) in [6.07, 6.45) is 3.94. The molecule has 2 aromatic carbocycles. The summed E-state index contributed by atoms with van der Waals surface area (Å²) in [7, 11) is 3.31. The van der Waals surface area contributed by atoms with Crippen molar-refractivity contribution in [3.05, 3.63) is 59.1 Å². The fourth-order valence-electron chi connectivity index (χ4n) is 2.58. The van der Waals surface area contributed by atoms with Crippen LogP contribution < -0.4 is 9.47 Å². The maximum Gasteiger partial charge on any atom is 0.235 e. The van der Waals surface area contributed by atoms with E-state index >= 15 is 0 Å². The zero-order chi connectivity index (χ0) is 17.9. The molecule has 6 nitrogen and oxygen atoms in total. The van der Waals surface area contributed by atoms with Gasteiger partial charge in [0.15, 0.2) is 5.82 Å². The first-order valence-corrected chi connectivity index (χ1v) is 8.78. The smallest absolute Gasteiger partial charge is 0.235 e. The van der Waals surface area contributed by atoms with E-state index < -0.39 is 0 Å². The first-order chi connectivity index (χ1) is 12.8. The summed E-state index contributed by atoms with van der Waals surface area (Å²) in [6.45, 7) is 0. The number of para-hydroxylation sites is 1. The van der Waals surface area contributed by atoms with E-state index in [1.54, 1.807) is 18.7 Å². The van der Waals surface area contributed by atoms with Crippen LogP contribution in [0.3, 0.4) is 0 Å². The van der Waals surface area contributed by atoms with Crippen LogP contribution in [0, 0.1) is 0 Å². The summed E-state index contributed by atoms with van der Waals surface area (Å²) in [4.78, 5) is 0.746. The summed E-state index contributed by atoms with van der Waals surface area (Å²) < 4.78 is 12.3. The molecule has 130 valence electrons.